The average Bonchev–Trinajstić information content (AvgIpc) is 2.92. The first-order chi connectivity index (χ1) is 8.72. The summed E-state index contributed by atoms with van der Waals surface area (Å²) < 4.78 is 0. The molecular weight excluding hydrogens is 218 g/mol. The third-order valence-corrected chi connectivity index (χ3v) is 4.25. The highest BCUT2D eigenvalue weighted by atomic mass is 15.1. The van der Waals surface area contributed by atoms with Crippen LogP contribution in [0.15, 0.2) is 24.3 Å². The van der Waals surface area contributed by atoms with Crippen LogP contribution in [0.5, 0.6) is 0 Å². The van der Waals surface area contributed by atoms with Gasteiger partial charge in [0.25, 0.3) is 0 Å². The van der Waals surface area contributed by atoms with Gasteiger partial charge in [-0.15, -0.1) is 6.42 Å². The minimum atomic E-state index is 0.388. The number of benzene rings is 1. The molecule has 1 fully saturated rings. The lowest BCUT2D eigenvalue weighted by molar-refractivity contribution is 0.294. The smallest absolute Gasteiger partial charge is 0.0601 e. The summed E-state index contributed by atoms with van der Waals surface area (Å²) in [6.07, 6.45) is 10.9. The largest absolute Gasteiger partial charge is 0.289 e. The predicted octanol–water partition coefficient (Wildman–Crippen LogP) is 3.97. The Morgan fingerprint density at radius 1 is 1.28 bits per heavy atom. The van der Waals surface area contributed by atoms with Gasteiger partial charge < -0.3 is 0 Å². The van der Waals surface area contributed by atoms with E-state index in [4.69, 9.17) is 6.42 Å². The van der Waals surface area contributed by atoms with Gasteiger partial charge in [-0.3, -0.25) is 4.90 Å². The molecule has 0 heterocycles. The number of terminal acetylenes is 1. The topological polar surface area (TPSA) is 3.24 Å². The molecule has 18 heavy (non-hydrogen) atoms. The first-order valence-corrected chi connectivity index (χ1v) is 6.96. The van der Waals surface area contributed by atoms with Gasteiger partial charge in [0, 0.05) is 6.04 Å². The molecule has 0 radical (unpaired) electrons. The van der Waals surface area contributed by atoms with Crippen LogP contribution in [0.4, 0.5) is 0 Å². The van der Waals surface area contributed by atoms with Crippen LogP contribution in [-0.2, 0) is 0 Å². The maximum absolute atomic E-state index is 5.36. The lowest BCUT2D eigenvalue weighted by Gasteiger charge is -2.23. The summed E-state index contributed by atoms with van der Waals surface area (Å²) >= 11 is 0. The number of hydrogen-bond donors (Lipinski definition) is 0. The Morgan fingerprint density at radius 2 is 1.89 bits per heavy atom. The number of hydrogen-bond acceptors (Lipinski definition) is 1. The molecule has 1 aromatic rings. The molecule has 1 nitrogen and oxygen atoms in total. The summed E-state index contributed by atoms with van der Waals surface area (Å²) in [4.78, 5) is 2.20. The highest BCUT2D eigenvalue weighted by Gasteiger charge is 2.17. The molecule has 0 spiro atoms. The van der Waals surface area contributed by atoms with E-state index >= 15 is 0 Å². The van der Waals surface area contributed by atoms with Crippen molar-refractivity contribution in [2.45, 2.75) is 44.6 Å². The molecule has 96 valence electrons. The van der Waals surface area contributed by atoms with Gasteiger partial charge in [-0.2, -0.15) is 0 Å². The van der Waals surface area contributed by atoms with Crippen LogP contribution in [0.1, 0.15) is 55.7 Å². The van der Waals surface area contributed by atoms with Crippen molar-refractivity contribution >= 4 is 0 Å². The van der Waals surface area contributed by atoms with E-state index in [9.17, 15) is 0 Å². The van der Waals surface area contributed by atoms with E-state index in [2.05, 4.69) is 49.1 Å². The molecule has 1 saturated carbocycles. The Labute approximate surface area is 111 Å². The van der Waals surface area contributed by atoms with Gasteiger partial charge in [0.15, 0.2) is 0 Å². The zero-order chi connectivity index (χ0) is 13.0. The van der Waals surface area contributed by atoms with E-state index in [1.165, 1.54) is 36.8 Å². The maximum Gasteiger partial charge on any atom is 0.0601 e. The van der Waals surface area contributed by atoms with Crippen molar-refractivity contribution in [1.82, 2.24) is 4.90 Å². The molecule has 1 aliphatic carbocycles. The van der Waals surface area contributed by atoms with Gasteiger partial charge in [-0.1, -0.05) is 43.0 Å². The molecule has 0 N–H and O–H groups in total. The SMILES string of the molecule is C#CCN(C)C(C)c1ccc(C2CCCC2)cc1. The second-order valence-corrected chi connectivity index (χ2v) is 5.44. The Kier molecular flexibility index (Phi) is 4.44. The summed E-state index contributed by atoms with van der Waals surface area (Å²) in [7, 11) is 2.08. The van der Waals surface area contributed by atoms with Crippen LogP contribution in [0.25, 0.3) is 0 Å². The van der Waals surface area contributed by atoms with Crippen molar-refractivity contribution in [3.8, 4) is 12.3 Å². The van der Waals surface area contributed by atoms with Crippen LogP contribution in [0, 0.1) is 12.3 Å². The standard InChI is InChI=1S/C17H23N/c1-4-13-18(3)14(2)15-9-11-17(12-10-15)16-7-5-6-8-16/h1,9-12,14,16H,5-8,13H2,2-3H3. The molecule has 1 aromatic carbocycles. The lowest BCUT2D eigenvalue weighted by atomic mass is 9.95. The van der Waals surface area contributed by atoms with E-state index < -0.39 is 0 Å². The lowest BCUT2D eigenvalue weighted by Crippen LogP contribution is -2.22. The molecule has 0 aromatic heterocycles. The fraction of sp³-hybridized carbons (Fsp3) is 0.529. The van der Waals surface area contributed by atoms with Crippen molar-refractivity contribution < 1.29 is 0 Å². The third kappa shape index (κ3) is 2.94. The van der Waals surface area contributed by atoms with Crippen LogP contribution < -0.4 is 0 Å². The molecular formula is C17H23N. The summed E-state index contributed by atoms with van der Waals surface area (Å²) in [5, 5.41) is 0. The molecule has 0 saturated heterocycles. The quantitative estimate of drug-likeness (QED) is 0.721. The van der Waals surface area contributed by atoms with Gasteiger partial charge in [0.1, 0.15) is 0 Å². The zero-order valence-electron chi connectivity index (χ0n) is 11.5. The van der Waals surface area contributed by atoms with Crippen LogP contribution in [-0.4, -0.2) is 18.5 Å². The van der Waals surface area contributed by atoms with E-state index in [1.807, 2.05) is 0 Å². The second kappa shape index (κ2) is 6.07. The van der Waals surface area contributed by atoms with Gasteiger partial charge >= 0.3 is 0 Å². The average molecular weight is 241 g/mol. The van der Waals surface area contributed by atoms with Crippen molar-refractivity contribution in [3.05, 3.63) is 35.4 Å². The summed E-state index contributed by atoms with van der Waals surface area (Å²) in [5.74, 6) is 3.50. The summed E-state index contributed by atoms with van der Waals surface area (Å²) in [6.45, 7) is 2.91. The molecule has 0 amide bonds. The van der Waals surface area contributed by atoms with Crippen molar-refractivity contribution in [2.24, 2.45) is 0 Å². The van der Waals surface area contributed by atoms with Crippen LogP contribution >= 0.6 is 0 Å². The second-order valence-electron chi connectivity index (χ2n) is 5.44. The molecule has 1 aliphatic rings. The molecule has 1 heteroatoms. The molecule has 1 unspecified atom stereocenters. The van der Waals surface area contributed by atoms with Crippen molar-refractivity contribution in [3.63, 3.8) is 0 Å². The zero-order valence-corrected chi connectivity index (χ0v) is 11.5. The monoisotopic (exact) mass is 241 g/mol. The highest BCUT2D eigenvalue weighted by molar-refractivity contribution is 5.27. The Morgan fingerprint density at radius 3 is 2.44 bits per heavy atom. The molecule has 0 aliphatic heterocycles. The summed E-state index contributed by atoms with van der Waals surface area (Å²) in [6, 6.07) is 9.55. The highest BCUT2D eigenvalue weighted by Crippen LogP contribution is 2.34. The fourth-order valence-electron chi connectivity index (χ4n) is 2.84. The molecule has 2 rings (SSSR count). The number of nitrogens with zero attached hydrogens (tertiary/aromatic N) is 1. The predicted molar refractivity (Wildman–Crippen MR) is 77.5 cm³/mol. The van der Waals surface area contributed by atoms with E-state index in [0.29, 0.717) is 12.6 Å². The van der Waals surface area contributed by atoms with Crippen molar-refractivity contribution in [2.75, 3.05) is 13.6 Å². The van der Waals surface area contributed by atoms with Crippen LogP contribution in [0.3, 0.4) is 0 Å². The van der Waals surface area contributed by atoms with E-state index in [0.717, 1.165) is 5.92 Å². The minimum Gasteiger partial charge on any atom is -0.289 e. The fourth-order valence-corrected chi connectivity index (χ4v) is 2.84. The van der Waals surface area contributed by atoms with Gasteiger partial charge in [-0.25, -0.2) is 0 Å². The minimum absolute atomic E-state index is 0.388. The first kappa shape index (κ1) is 13.2. The Balaban J connectivity index is 2.05. The maximum atomic E-state index is 5.36. The normalized spacial score (nSPS) is 17.9. The first-order valence-electron chi connectivity index (χ1n) is 6.96. The summed E-state index contributed by atoms with van der Waals surface area (Å²) in [5.41, 5.74) is 2.87. The Bertz CT molecular complexity index is 406. The van der Waals surface area contributed by atoms with Gasteiger partial charge in [0.05, 0.1) is 6.54 Å². The molecule has 1 atom stereocenters. The van der Waals surface area contributed by atoms with Gasteiger partial charge in [0.2, 0.25) is 0 Å². The van der Waals surface area contributed by atoms with Gasteiger partial charge in [-0.05, 0) is 43.9 Å². The van der Waals surface area contributed by atoms with Crippen molar-refractivity contribution in [1.29, 1.82) is 0 Å². The number of rotatable bonds is 4. The van der Waals surface area contributed by atoms with E-state index in [1.54, 1.807) is 0 Å². The third-order valence-electron chi connectivity index (χ3n) is 4.25. The van der Waals surface area contributed by atoms with E-state index in [-0.39, 0.29) is 0 Å². The van der Waals surface area contributed by atoms with Crippen LogP contribution in [0.2, 0.25) is 0 Å². The molecule has 0 bridgehead atoms. The Hall–Kier alpha value is -1.26.